The maximum Gasteiger partial charge on any atom is 0.261 e. The molecule has 106 valence electrons. The molecule has 0 aliphatic rings. The molecule has 0 saturated carbocycles. The Kier molecular flexibility index (Phi) is 3.49. The van der Waals surface area contributed by atoms with Crippen LogP contribution in [0.3, 0.4) is 0 Å². The molecular formula is C16H14ClN3O. The van der Waals surface area contributed by atoms with Gasteiger partial charge in [-0.2, -0.15) is 0 Å². The normalized spacial score (nSPS) is 11.0. The minimum absolute atomic E-state index is 0.129. The Balaban J connectivity index is 2.42. The Hall–Kier alpha value is -2.17. The van der Waals surface area contributed by atoms with Crippen LogP contribution in [-0.4, -0.2) is 9.55 Å². The van der Waals surface area contributed by atoms with E-state index >= 15 is 0 Å². The molecule has 4 nitrogen and oxygen atoms in total. The third-order valence-corrected chi connectivity index (χ3v) is 3.69. The fourth-order valence-corrected chi connectivity index (χ4v) is 2.65. The second kappa shape index (κ2) is 5.31. The van der Waals surface area contributed by atoms with E-state index < -0.39 is 0 Å². The number of hydrogen-bond acceptors (Lipinski definition) is 3. The van der Waals surface area contributed by atoms with Gasteiger partial charge in [-0.25, -0.2) is 4.98 Å². The molecule has 0 saturated heterocycles. The third kappa shape index (κ3) is 2.33. The number of hydrogen-bond donors (Lipinski definition) is 1. The van der Waals surface area contributed by atoms with Crippen LogP contribution in [0.2, 0.25) is 5.02 Å². The van der Waals surface area contributed by atoms with E-state index in [1.165, 1.54) is 4.57 Å². The second-order valence-corrected chi connectivity index (χ2v) is 5.27. The first kappa shape index (κ1) is 13.8. The van der Waals surface area contributed by atoms with Crippen molar-refractivity contribution in [2.45, 2.75) is 6.54 Å². The summed E-state index contributed by atoms with van der Waals surface area (Å²) < 4.78 is 1.54. The molecule has 0 bridgehead atoms. The molecule has 0 amide bonds. The number of halogens is 1. The molecule has 0 spiro atoms. The average molecular weight is 300 g/mol. The molecule has 3 aromatic rings. The van der Waals surface area contributed by atoms with Crippen molar-refractivity contribution in [2.24, 2.45) is 12.8 Å². The fraction of sp³-hybridized carbons (Fsp3) is 0.125. The van der Waals surface area contributed by atoms with Crippen molar-refractivity contribution in [2.75, 3.05) is 0 Å². The van der Waals surface area contributed by atoms with Gasteiger partial charge in [0.1, 0.15) is 5.82 Å². The zero-order valence-corrected chi connectivity index (χ0v) is 12.3. The van der Waals surface area contributed by atoms with Crippen molar-refractivity contribution >= 4 is 22.5 Å². The van der Waals surface area contributed by atoms with Crippen LogP contribution in [0.1, 0.15) is 5.56 Å². The van der Waals surface area contributed by atoms with Crippen LogP contribution in [0, 0.1) is 0 Å². The lowest BCUT2D eigenvalue weighted by Crippen LogP contribution is -2.21. The van der Waals surface area contributed by atoms with Gasteiger partial charge in [-0.05, 0) is 17.7 Å². The zero-order valence-electron chi connectivity index (χ0n) is 11.5. The van der Waals surface area contributed by atoms with Crippen molar-refractivity contribution in [3.63, 3.8) is 0 Å². The van der Waals surface area contributed by atoms with E-state index in [-0.39, 0.29) is 12.1 Å². The van der Waals surface area contributed by atoms with E-state index in [0.717, 1.165) is 11.1 Å². The van der Waals surface area contributed by atoms with Crippen LogP contribution in [0.4, 0.5) is 0 Å². The van der Waals surface area contributed by atoms with Gasteiger partial charge in [0.05, 0.1) is 10.9 Å². The SMILES string of the molecule is Cn1c(-c2ccccc2)nc2c(CN)cc(Cl)cc2c1=O. The van der Waals surface area contributed by atoms with E-state index in [1.807, 2.05) is 30.3 Å². The summed E-state index contributed by atoms with van der Waals surface area (Å²) in [6.07, 6.45) is 0. The van der Waals surface area contributed by atoms with Crippen molar-refractivity contribution in [3.05, 3.63) is 63.4 Å². The van der Waals surface area contributed by atoms with Gasteiger partial charge in [-0.3, -0.25) is 9.36 Å². The Bertz CT molecular complexity index is 872. The first-order valence-corrected chi connectivity index (χ1v) is 6.94. The molecule has 5 heteroatoms. The number of aromatic nitrogens is 2. The molecule has 0 aliphatic heterocycles. The van der Waals surface area contributed by atoms with Crippen LogP contribution in [0.25, 0.3) is 22.3 Å². The molecule has 0 radical (unpaired) electrons. The highest BCUT2D eigenvalue weighted by Gasteiger charge is 2.13. The lowest BCUT2D eigenvalue weighted by molar-refractivity contribution is 0.854. The lowest BCUT2D eigenvalue weighted by Gasteiger charge is -2.11. The highest BCUT2D eigenvalue weighted by molar-refractivity contribution is 6.31. The van der Waals surface area contributed by atoms with Crippen LogP contribution in [-0.2, 0) is 13.6 Å². The van der Waals surface area contributed by atoms with Gasteiger partial charge in [0.15, 0.2) is 0 Å². The molecular weight excluding hydrogens is 286 g/mol. The monoisotopic (exact) mass is 299 g/mol. The summed E-state index contributed by atoms with van der Waals surface area (Å²) in [7, 11) is 1.71. The molecule has 0 unspecified atom stereocenters. The Morgan fingerprint density at radius 1 is 1.24 bits per heavy atom. The predicted octanol–water partition coefficient (Wildman–Crippen LogP) is 2.71. The molecule has 1 aromatic heterocycles. The summed E-state index contributed by atoms with van der Waals surface area (Å²) >= 11 is 6.05. The summed E-state index contributed by atoms with van der Waals surface area (Å²) in [5, 5.41) is 0.986. The number of fused-ring (bicyclic) bond motifs is 1. The number of nitrogens with two attached hydrogens (primary N) is 1. The standard InChI is InChI=1S/C16H14ClN3O/c1-20-15(10-5-3-2-4-6-10)19-14-11(9-18)7-12(17)8-13(14)16(20)21/h2-8H,9,18H2,1H3. The summed E-state index contributed by atoms with van der Waals surface area (Å²) in [6, 6.07) is 13.0. The quantitative estimate of drug-likeness (QED) is 0.791. The van der Waals surface area contributed by atoms with Crippen molar-refractivity contribution in [1.29, 1.82) is 0 Å². The van der Waals surface area contributed by atoms with Crippen molar-refractivity contribution < 1.29 is 0 Å². The van der Waals surface area contributed by atoms with Gasteiger partial charge >= 0.3 is 0 Å². The van der Waals surface area contributed by atoms with Gasteiger partial charge in [-0.1, -0.05) is 41.9 Å². The molecule has 0 fully saturated rings. The number of benzene rings is 2. The van der Waals surface area contributed by atoms with Crippen molar-refractivity contribution in [1.82, 2.24) is 9.55 Å². The highest BCUT2D eigenvalue weighted by atomic mass is 35.5. The smallest absolute Gasteiger partial charge is 0.261 e. The van der Waals surface area contributed by atoms with Gasteiger partial charge in [0.25, 0.3) is 5.56 Å². The van der Waals surface area contributed by atoms with E-state index in [0.29, 0.717) is 21.7 Å². The van der Waals surface area contributed by atoms with Crippen molar-refractivity contribution in [3.8, 4) is 11.4 Å². The summed E-state index contributed by atoms with van der Waals surface area (Å²) in [6.45, 7) is 0.283. The van der Waals surface area contributed by atoms with Crippen LogP contribution < -0.4 is 11.3 Å². The number of nitrogens with zero attached hydrogens (tertiary/aromatic N) is 2. The van der Waals surface area contributed by atoms with Gasteiger partial charge in [0.2, 0.25) is 0 Å². The Morgan fingerprint density at radius 3 is 2.62 bits per heavy atom. The predicted molar refractivity (Wildman–Crippen MR) is 85.3 cm³/mol. The van der Waals surface area contributed by atoms with E-state index in [2.05, 4.69) is 4.98 Å². The molecule has 2 aromatic carbocycles. The summed E-state index contributed by atoms with van der Waals surface area (Å²) in [5.74, 6) is 0.616. The minimum Gasteiger partial charge on any atom is -0.326 e. The fourth-order valence-electron chi connectivity index (χ4n) is 2.41. The average Bonchev–Trinajstić information content (AvgIpc) is 2.51. The van der Waals surface area contributed by atoms with E-state index in [9.17, 15) is 4.79 Å². The lowest BCUT2D eigenvalue weighted by atomic mass is 10.1. The molecule has 0 aliphatic carbocycles. The largest absolute Gasteiger partial charge is 0.326 e. The topological polar surface area (TPSA) is 60.9 Å². The molecule has 2 N–H and O–H groups in total. The maximum atomic E-state index is 12.6. The first-order chi connectivity index (χ1) is 10.1. The van der Waals surface area contributed by atoms with Gasteiger partial charge < -0.3 is 5.73 Å². The second-order valence-electron chi connectivity index (χ2n) is 4.83. The maximum absolute atomic E-state index is 12.6. The van der Waals surface area contributed by atoms with Crippen LogP contribution in [0.5, 0.6) is 0 Å². The highest BCUT2D eigenvalue weighted by Crippen LogP contribution is 2.23. The molecule has 21 heavy (non-hydrogen) atoms. The van der Waals surface area contributed by atoms with Gasteiger partial charge in [0, 0.05) is 24.2 Å². The number of rotatable bonds is 2. The summed E-state index contributed by atoms with van der Waals surface area (Å²) in [4.78, 5) is 17.2. The van der Waals surface area contributed by atoms with E-state index in [1.54, 1.807) is 19.2 Å². The summed E-state index contributed by atoms with van der Waals surface area (Å²) in [5.41, 5.74) is 7.90. The van der Waals surface area contributed by atoms with Crippen LogP contribution >= 0.6 is 11.6 Å². The Labute approximate surface area is 126 Å². The third-order valence-electron chi connectivity index (χ3n) is 3.48. The minimum atomic E-state index is -0.129. The Morgan fingerprint density at radius 2 is 1.95 bits per heavy atom. The van der Waals surface area contributed by atoms with Crippen LogP contribution in [0.15, 0.2) is 47.3 Å². The zero-order chi connectivity index (χ0) is 15.0. The van der Waals surface area contributed by atoms with Gasteiger partial charge in [-0.15, -0.1) is 0 Å². The molecule has 0 atom stereocenters. The molecule has 3 rings (SSSR count). The first-order valence-electron chi connectivity index (χ1n) is 6.56. The molecule has 1 heterocycles. The van der Waals surface area contributed by atoms with E-state index in [4.69, 9.17) is 17.3 Å².